The maximum atomic E-state index is 11.7. The molecule has 0 radical (unpaired) electrons. The van der Waals surface area contributed by atoms with Crippen molar-refractivity contribution in [1.82, 2.24) is 10.3 Å². The third-order valence-electron chi connectivity index (χ3n) is 2.29. The zero-order chi connectivity index (χ0) is 15.2. The van der Waals surface area contributed by atoms with Crippen LogP contribution < -0.4 is 10.6 Å². The normalized spacial score (nSPS) is 10.8. The van der Waals surface area contributed by atoms with Gasteiger partial charge in [-0.05, 0) is 39.3 Å². The van der Waals surface area contributed by atoms with Gasteiger partial charge in [-0.25, -0.2) is 9.78 Å². The van der Waals surface area contributed by atoms with Crippen molar-refractivity contribution in [3.63, 3.8) is 0 Å². The van der Waals surface area contributed by atoms with Gasteiger partial charge in [0.15, 0.2) is 0 Å². The molecule has 0 unspecified atom stereocenters. The van der Waals surface area contributed by atoms with Crippen LogP contribution in [0.2, 0.25) is 0 Å². The van der Waals surface area contributed by atoms with Gasteiger partial charge in [-0.1, -0.05) is 6.07 Å². The fraction of sp³-hybridized carbons (Fsp3) is 0.500. The van der Waals surface area contributed by atoms with E-state index in [1.54, 1.807) is 33.0 Å². The topological polar surface area (TPSA) is 80.3 Å². The van der Waals surface area contributed by atoms with Crippen LogP contribution in [0.3, 0.4) is 0 Å². The molecule has 1 heterocycles. The van der Waals surface area contributed by atoms with Gasteiger partial charge in [0.25, 0.3) is 0 Å². The van der Waals surface area contributed by atoms with Crippen LogP contribution in [0.25, 0.3) is 0 Å². The highest BCUT2D eigenvalue weighted by atomic mass is 16.6. The van der Waals surface area contributed by atoms with Gasteiger partial charge in [0, 0.05) is 19.2 Å². The Labute approximate surface area is 118 Å². The van der Waals surface area contributed by atoms with Crippen LogP contribution in [0.15, 0.2) is 18.3 Å². The summed E-state index contributed by atoms with van der Waals surface area (Å²) in [6.45, 7) is 7.42. The van der Waals surface area contributed by atoms with E-state index in [1.165, 1.54) is 0 Å². The van der Waals surface area contributed by atoms with Crippen LogP contribution in [0.1, 0.15) is 32.8 Å². The molecule has 1 rings (SSSR count). The van der Waals surface area contributed by atoms with Crippen molar-refractivity contribution >= 4 is 17.8 Å². The number of carbonyl (C=O) groups excluding carboxylic acids is 2. The zero-order valence-electron chi connectivity index (χ0n) is 12.3. The number of ether oxygens (including phenoxy) is 1. The van der Waals surface area contributed by atoms with E-state index in [9.17, 15) is 9.59 Å². The molecule has 2 amide bonds. The highest BCUT2D eigenvalue weighted by Crippen LogP contribution is 2.09. The lowest BCUT2D eigenvalue weighted by atomic mass is 10.2. The third-order valence-corrected chi connectivity index (χ3v) is 2.29. The molecule has 0 spiro atoms. The Hall–Kier alpha value is -2.11. The van der Waals surface area contributed by atoms with Gasteiger partial charge in [0.1, 0.15) is 11.4 Å². The number of rotatable bonds is 4. The second kappa shape index (κ2) is 6.88. The number of nitrogens with one attached hydrogen (secondary N) is 2. The van der Waals surface area contributed by atoms with Crippen LogP contribution in [-0.4, -0.2) is 29.1 Å². The van der Waals surface area contributed by atoms with E-state index >= 15 is 0 Å². The fourth-order valence-electron chi connectivity index (χ4n) is 1.40. The molecule has 0 aliphatic carbocycles. The summed E-state index contributed by atoms with van der Waals surface area (Å²) in [7, 11) is 0. The number of carbonyl (C=O) groups is 2. The standard InChI is InChI=1S/C14H21N3O3/c1-10-6-5-8-15-12(10)17-11(18)7-9-16-13(19)20-14(2,3)4/h5-6,8H,7,9H2,1-4H3,(H,16,19)(H,15,17,18). The number of aryl methyl sites for hydroxylation is 1. The maximum absolute atomic E-state index is 11.7. The second-order valence-electron chi connectivity index (χ2n) is 5.40. The zero-order valence-corrected chi connectivity index (χ0v) is 12.3. The van der Waals surface area contributed by atoms with Gasteiger partial charge in [0.2, 0.25) is 5.91 Å². The van der Waals surface area contributed by atoms with Crippen molar-refractivity contribution in [2.45, 2.75) is 39.7 Å². The van der Waals surface area contributed by atoms with Gasteiger partial charge in [-0.2, -0.15) is 0 Å². The smallest absolute Gasteiger partial charge is 0.407 e. The van der Waals surface area contributed by atoms with E-state index in [0.29, 0.717) is 5.82 Å². The summed E-state index contributed by atoms with van der Waals surface area (Å²) in [6, 6.07) is 3.66. The summed E-state index contributed by atoms with van der Waals surface area (Å²) in [5.74, 6) is 0.331. The lowest BCUT2D eigenvalue weighted by molar-refractivity contribution is -0.116. The maximum Gasteiger partial charge on any atom is 0.407 e. The van der Waals surface area contributed by atoms with Crippen molar-refractivity contribution < 1.29 is 14.3 Å². The van der Waals surface area contributed by atoms with Crippen LogP contribution >= 0.6 is 0 Å². The molecular weight excluding hydrogens is 258 g/mol. The summed E-state index contributed by atoms with van der Waals surface area (Å²) >= 11 is 0. The highest BCUT2D eigenvalue weighted by Gasteiger charge is 2.15. The molecule has 0 aromatic carbocycles. The first-order chi connectivity index (χ1) is 9.28. The molecule has 1 aromatic rings. The second-order valence-corrected chi connectivity index (χ2v) is 5.40. The fourth-order valence-corrected chi connectivity index (χ4v) is 1.40. The molecule has 0 saturated carbocycles. The van der Waals surface area contributed by atoms with Gasteiger partial charge < -0.3 is 15.4 Å². The molecule has 110 valence electrons. The summed E-state index contributed by atoms with van der Waals surface area (Å²) in [5.41, 5.74) is 0.346. The number of alkyl carbamates (subject to hydrolysis) is 1. The Kier molecular flexibility index (Phi) is 5.49. The number of amides is 2. The minimum Gasteiger partial charge on any atom is -0.444 e. The molecule has 0 saturated heterocycles. The van der Waals surface area contributed by atoms with E-state index in [4.69, 9.17) is 4.74 Å². The molecule has 0 fully saturated rings. The van der Waals surface area contributed by atoms with E-state index < -0.39 is 11.7 Å². The molecule has 6 heteroatoms. The molecule has 0 bridgehead atoms. The first kappa shape index (κ1) is 15.9. The first-order valence-electron chi connectivity index (χ1n) is 6.46. The molecule has 1 aromatic heterocycles. The van der Waals surface area contributed by atoms with Gasteiger partial charge in [-0.15, -0.1) is 0 Å². The van der Waals surface area contributed by atoms with Crippen molar-refractivity contribution in [3.8, 4) is 0 Å². The lowest BCUT2D eigenvalue weighted by Crippen LogP contribution is -2.34. The number of nitrogens with zero attached hydrogens (tertiary/aromatic N) is 1. The molecule has 6 nitrogen and oxygen atoms in total. The minimum atomic E-state index is -0.544. The Morgan fingerprint density at radius 3 is 2.65 bits per heavy atom. The van der Waals surface area contributed by atoms with E-state index in [0.717, 1.165) is 5.56 Å². The monoisotopic (exact) mass is 279 g/mol. The lowest BCUT2D eigenvalue weighted by Gasteiger charge is -2.19. The molecule has 2 N–H and O–H groups in total. The van der Waals surface area contributed by atoms with Crippen molar-refractivity contribution in [2.75, 3.05) is 11.9 Å². The van der Waals surface area contributed by atoms with Crippen molar-refractivity contribution in [3.05, 3.63) is 23.9 Å². The Morgan fingerprint density at radius 2 is 2.05 bits per heavy atom. The predicted molar refractivity (Wildman–Crippen MR) is 76.5 cm³/mol. The highest BCUT2D eigenvalue weighted by molar-refractivity contribution is 5.90. The minimum absolute atomic E-state index is 0.162. The average molecular weight is 279 g/mol. The number of hydrogen-bond donors (Lipinski definition) is 2. The number of anilines is 1. The average Bonchev–Trinajstić information content (AvgIpc) is 2.29. The van der Waals surface area contributed by atoms with E-state index in [1.807, 2.05) is 13.0 Å². The number of hydrogen-bond acceptors (Lipinski definition) is 4. The van der Waals surface area contributed by atoms with Crippen LogP contribution in [0, 0.1) is 6.92 Å². The number of pyridine rings is 1. The van der Waals surface area contributed by atoms with Gasteiger partial charge >= 0.3 is 6.09 Å². The van der Waals surface area contributed by atoms with Gasteiger partial charge in [-0.3, -0.25) is 4.79 Å². The first-order valence-corrected chi connectivity index (χ1v) is 6.46. The van der Waals surface area contributed by atoms with E-state index in [2.05, 4.69) is 15.6 Å². The van der Waals surface area contributed by atoms with Crippen LogP contribution in [-0.2, 0) is 9.53 Å². The summed E-state index contributed by atoms with van der Waals surface area (Å²) < 4.78 is 5.06. The van der Waals surface area contributed by atoms with Crippen LogP contribution in [0.5, 0.6) is 0 Å². The van der Waals surface area contributed by atoms with Gasteiger partial charge in [0.05, 0.1) is 0 Å². The van der Waals surface area contributed by atoms with Crippen LogP contribution in [0.4, 0.5) is 10.6 Å². The van der Waals surface area contributed by atoms with Crippen molar-refractivity contribution in [1.29, 1.82) is 0 Å². The summed E-state index contributed by atoms with van der Waals surface area (Å²) in [6.07, 6.45) is 1.25. The molecule has 20 heavy (non-hydrogen) atoms. The Balaban J connectivity index is 2.31. The number of aromatic nitrogens is 1. The van der Waals surface area contributed by atoms with E-state index in [-0.39, 0.29) is 18.9 Å². The van der Waals surface area contributed by atoms with Crippen molar-refractivity contribution in [2.24, 2.45) is 0 Å². The SMILES string of the molecule is Cc1cccnc1NC(=O)CCNC(=O)OC(C)(C)C. The molecule has 0 atom stereocenters. The predicted octanol–water partition coefficient (Wildman–Crippen LogP) is 2.24. The Morgan fingerprint density at radius 1 is 1.35 bits per heavy atom. The molecular formula is C14H21N3O3. The molecule has 0 aliphatic heterocycles. The third kappa shape index (κ3) is 6.17. The summed E-state index contributed by atoms with van der Waals surface area (Å²) in [5, 5.41) is 5.22. The summed E-state index contributed by atoms with van der Waals surface area (Å²) in [4.78, 5) is 27.1. The quantitative estimate of drug-likeness (QED) is 0.885. The Bertz CT molecular complexity index is 481. The molecule has 0 aliphatic rings. The largest absolute Gasteiger partial charge is 0.444 e.